The Morgan fingerprint density at radius 2 is 1.78 bits per heavy atom. The number of nitrogens with zero attached hydrogens (tertiary/aromatic N) is 1. The second-order valence-electron chi connectivity index (χ2n) is 6.20. The molecule has 1 unspecified atom stereocenters. The van der Waals surface area contributed by atoms with Crippen molar-refractivity contribution in [1.82, 2.24) is 0 Å². The summed E-state index contributed by atoms with van der Waals surface area (Å²) in [5.41, 5.74) is 0. The first kappa shape index (κ1) is 20.9. The summed E-state index contributed by atoms with van der Waals surface area (Å²) in [6.07, 6.45) is 6.29. The van der Waals surface area contributed by atoms with E-state index >= 15 is 0 Å². The Morgan fingerprint density at radius 1 is 1.13 bits per heavy atom. The van der Waals surface area contributed by atoms with Crippen LogP contribution < -0.4 is 0 Å². The maximum absolute atomic E-state index is 11.8. The van der Waals surface area contributed by atoms with Crippen LogP contribution in [0.25, 0.3) is 0 Å². The lowest BCUT2D eigenvalue weighted by atomic mass is 10.2. The summed E-state index contributed by atoms with van der Waals surface area (Å²) in [4.78, 5) is 32.8. The Balaban J connectivity index is 4.17. The number of hydrogen-bond donors (Lipinski definition) is 2. The minimum Gasteiger partial charge on any atom is -0.481 e. The molecular formula is C16H26NO6+. The van der Waals surface area contributed by atoms with Crippen LogP contribution in [0.2, 0.25) is 0 Å². The van der Waals surface area contributed by atoms with Gasteiger partial charge in [0, 0.05) is 12.5 Å². The van der Waals surface area contributed by atoms with Crippen LogP contribution in [-0.4, -0.2) is 66.4 Å². The van der Waals surface area contributed by atoms with Crippen LogP contribution in [0.5, 0.6) is 0 Å². The molecule has 0 bridgehead atoms. The summed E-state index contributed by atoms with van der Waals surface area (Å²) < 4.78 is 5.75. The molecule has 0 aromatic heterocycles. The van der Waals surface area contributed by atoms with Crippen LogP contribution in [-0.2, 0) is 19.1 Å². The summed E-state index contributed by atoms with van der Waals surface area (Å²) >= 11 is 0. The molecule has 0 aliphatic rings. The summed E-state index contributed by atoms with van der Waals surface area (Å²) in [6.45, 7) is 0.428. The number of allylic oxidation sites excluding steroid dienone is 3. The van der Waals surface area contributed by atoms with Gasteiger partial charge < -0.3 is 19.4 Å². The molecule has 2 N–H and O–H groups in total. The maximum atomic E-state index is 11.8. The third kappa shape index (κ3) is 14.5. The van der Waals surface area contributed by atoms with E-state index < -0.39 is 24.0 Å². The monoisotopic (exact) mass is 328 g/mol. The number of hydrogen-bond acceptors (Lipinski definition) is 4. The molecule has 0 heterocycles. The van der Waals surface area contributed by atoms with Crippen LogP contribution >= 0.6 is 0 Å². The summed E-state index contributed by atoms with van der Waals surface area (Å²) in [5.74, 6) is -2.43. The van der Waals surface area contributed by atoms with Gasteiger partial charge in [0.1, 0.15) is 6.54 Å². The highest BCUT2D eigenvalue weighted by molar-refractivity contribution is 5.80. The Labute approximate surface area is 136 Å². The van der Waals surface area contributed by atoms with E-state index in [-0.39, 0.29) is 12.8 Å². The van der Waals surface area contributed by atoms with E-state index in [2.05, 4.69) is 0 Å². The molecule has 0 saturated carbocycles. The maximum Gasteiger partial charge on any atom is 0.328 e. The lowest BCUT2D eigenvalue weighted by Crippen LogP contribution is -2.43. The zero-order chi connectivity index (χ0) is 17.9. The predicted molar refractivity (Wildman–Crippen MR) is 84.8 cm³/mol. The van der Waals surface area contributed by atoms with Gasteiger partial charge in [-0.1, -0.05) is 18.2 Å². The van der Waals surface area contributed by atoms with Gasteiger partial charge in [0.05, 0.1) is 27.6 Å². The lowest BCUT2D eigenvalue weighted by Gasteiger charge is -2.28. The summed E-state index contributed by atoms with van der Waals surface area (Å²) in [6, 6.07) is 0. The van der Waals surface area contributed by atoms with E-state index in [1.54, 1.807) is 12.2 Å². The third-order valence-electron chi connectivity index (χ3n) is 2.69. The number of quaternary nitrogens is 1. The molecule has 0 saturated heterocycles. The van der Waals surface area contributed by atoms with Crippen LogP contribution in [0.4, 0.5) is 0 Å². The van der Waals surface area contributed by atoms with E-state index in [0.29, 0.717) is 23.9 Å². The zero-order valence-electron chi connectivity index (χ0n) is 13.9. The number of unbranched alkanes of at least 4 members (excludes halogenated alkanes) is 1. The fourth-order valence-electron chi connectivity index (χ4n) is 1.87. The molecule has 0 aliphatic carbocycles. The number of carboxylic acid groups (broad SMARTS) is 2. The number of likely N-dealkylation sites (N-methyl/N-ethyl adjacent to an activating group) is 1. The van der Waals surface area contributed by atoms with Gasteiger partial charge in [-0.05, 0) is 12.8 Å². The number of carboxylic acids is 2. The molecule has 0 aliphatic heterocycles. The molecule has 23 heavy (non-hydrogen) atoms. The van der Waals surface area contributed by atoms with E-state index in [1.807, 2.05) is 21.1 Å². The average molecular weight is 328 g/mol. The number of carbonyl (C=O) groups is 3. The van der Waals surface area contributed by atoms with Crippen molar-refractivity contribution in [1.29, 1.82) is 0 Å². The number of carbonyl (C=O) groups excluding carboxylic acids is 1. The molecule has 0 aromatic rings. The highest BCUT2D eigenvalue weighted by Crippen LogP contribution is 2.08. The third-order valence-corrected chi connectivity index (χ3v) is 2.69. The molecule has 0 spiro atoms. The minimum atomic E-state index is -1.01. The highest BCUT2D eigenvalue weighted by Gasteiger charge is 2.24. The summed E-state index contributed by atoms with van der Waals surface area (Å²) in [5, 5.41) is 17.3. The van der Waals surface area contributed by atoms with Crippen molar-refractivity contribution < 1.29 is 33.8 Å². The van der Waals surface area contributed by atoms with E-state index in [4.69, 9.17) is 14.9 Å². The topological polar surface area (TPSA) is 101 Å². The van der Waals surface area contributed by atoms with Crippen molar-refractivity contribution in [3.05, 3.63) is 24.3 Å². The Hall–Kier alpha value is -2.15. The predicted octanol–water partition coefficient (Wildman–Crippen LogP) is 1.45. The van der Waals surface area contributed by atoms with Gasteiger partial charge in [0.2, 0.25) is 0 Å². The minimum absolute atomic E-state index is 0.195. The molecule has 0 amide bonds. The Morgan fingerprint density at radius 3 is 2.30 bits per heavy atom. The molecule has 0 radical (unpaired) electrons. The van der Waals surface area contributed by atoms with Crippen LogP contribution in [0.3, 0.4) is 0 Å². The van der Waals surface area contributed by atoms with Gasteiger partial charge >= 0.3 is 17.9 Å². The summed E-state index contributed by atoms with van der Waals surface area (Å²) in [7, 11) is 5.70. The molecule has 7 heteroatoms. The molecule has 0 rings (SSSR count). The molecule has 0 fully saturated rings. The lowest BCUT2D eigenvalue weighted by molar-refractivity contribution is -0.873. The van der Waals surface area contributed by atoms with Crippen molar-refractivity contribution in [3.63, 3.8) is 0 Å². The van der Waals surface area contributed by atoms with E-state index in [9.17, 15) is 14.4 Å². The second-order valence-corrected chi connectivity index (χ2v) is 6.20. The average Bonchev–Trinajstić information content (AvgIpc) is 2.34. The number of ether oxygens (including phenoxy) is 1. The van der Waals surface area contributed by atoms with Crippen LogP contribution in [0.15, 0.2) is 24.3 Å². The zero-order valence-corrected chi connectivity index (χ0v) is 13.9. The number of rotatable bonds is 11. The van der Waals surface area contributed by atoms with Gasteiger partial charge in [-0.2, -0.15) is 0 Å². The molecule has 1 atom stereocenters. The van der Waals surface area contributed by atoms with Crippen molar-refractivity contribution in [3.8, 4) is 0 Å². The first-order chi connectivity index (χ1) is 10.6. The van der Waals surface area contributed by atoms with E-state index in [0.717, 1.165) is 6.08 Å². The smallest absolute Gasteiger partial charge is 0.328 e. The first-order valence-electron chi connectivity index (χ1n) is 7.38. The molecule has 7 nitrogen and oxygen atoms in total. The second kappa shape index (κ2) is 10.6. The first-order valence-corrected chi connectivity index (χ1v) is 7.38. The number of aliphatic carboxylic acids is 2. The van der Waals surface area contributed by atoms with Crippen molar-refractivity contribution in [2.24, 2.45) is 0 Å². The largest absolute Gasteiger partial charge is 0.481 e. The van der Waals surface area contributed by atoms with Gasteiger partial charge in [-0.3, -0.25) is 9.59 Å². The highest BCUT2D eigenvalue weighted by atomic mass is 16.5. The van der Waals surface area contributed by atoms with Crippen molar-refractivity contribution >= 4 is 17.9 Å². The van der Waals surface area contributed by atoms with Crippen LogP contribution in [0.1, 0.15) is 25.7 Å². The fourth-order valence-corrected chi connectivity index (χ4v) is 1.87. The molecular weight excluding hydrogens is 302 g/mol. The Bertz CT molecular complexity index is 462. The molecule has 130 valence electrons. The normalized spacial score (nSPS) is 13.3. The number of esters is 1. The van der Waals surface area contributed by atoms with Crippen LogP contribution in [0, 0.1) is 0 Å². The van der Waals surface area contributed by atoms with Gasteiger partial charge in [-0.25, -0.2) is 4.79 Å². The SMILES string of the molecule is C[N+](C)(C)CC(CC(=O)O)OC(=O)CCC/C=C/C=C/C(=O)O. The van der Waals surface area contributed by atoms with Crippen molar-refractivity contribution in [2.75, 3.05) is 27.7 Å². The quantitative estimate of drug-likeness (QED) is 0.196. The van der Waals surface area contributed by atoms with Crippen molar-refractivity contribution in [2.45, 2.75) is 31.8 Å². The van der Waals surface area contributed by atoms with Gasteiger partial charge in [0.25, 0.3) is 0 Å². The molecule has 0 aromatic carbocycles. The standard InChI is InChI=1S/C16H25NO6/c1-17(2,3)12-13(11-15(20)21)23-16(22)10-8-6-4-5-7-9-14(18)19/h4-5,7,9,13H,6,8,10-12H2,1-3H3,(H-,18,19,20,21)/p+1/b5-4+,9-7+. The van der Waals surface area contributed by atoms with Gasteiger partial charge in [-0.15, -0.1) is 0 Å². The fraction of sp³-hybridized carbons (Fsp3) is 0.562. The van der Waals surface area contributed by atoms with Gasteiger partial charge in [0.15, 0.2) is 6.10 Å². The Kier molecular flexibility index (Phi) is 9.57. The van der Waals surface area contributed by atoms with E-state index in [1.165, 1.54) is 6.08 Å².